The molecule has 0 aliphatic carbocycles. The van der Waals surface area contributed by atoms with E-state index in [9.17, 15) is 0 Å². The van der Waals surface area contributed by atoms with Crippen molar-refractivity contribution in [3.63, 3.8) is 0 Å². The van der Waals surface area contributed by atoms with E-state index in [1.165, 1.54) is 16.7 Å². The third kappa shape index (κ3) is 1.91. The zero-order valence-corrected chi connectivity index (χ0v) is 13.3. The predicted octanol–water partition coefficient (Wildman–Crippen LogP) is 4.30. The fourth-order valence-electron chi connectivity index (χ4n) is 2.79. The summed E-state index contributed by atoms with van der Waals surface area (Å²) in [5, 5.41) is 0. The second-order valence-corrected chi connectivity index (χ2v) is 6.05. The van der Waals surface area contributed by atoms with E-state index in [1.54, 1.807) is 0 Å². The third-order valence-corrected chi connectivity index (χ3v) is 4.04. The topological polar surface area (TPSA) is 43.8 Å². The van der Waals surface area contributed by atoms with E-state index >= 15 is 0 Å². The van der Waals surface area contributed by atoms with Gasteiger partial charge in [-0.05, 0) is 55.7 Å². The molecule has 0 saturated heterocycles. The van der Waals surface area contributed by atoms with Gasteiger partial charge in [0.05, 0.1) is 16.7 Å². The normalized spacial score (nSPS) is 11.2. The van der Waals surface area contributed by atoms with Crippen LogP contribution in [0.1, 0.15) is 16.7 Å². The summed E-state index contributed by atoms with van der Waals surface area (Å²) in [5.74, 6) is 0.530. The first-order valence-corrected chi connectivity index (χ1v) is 7.29. The lowest BCUT2D eigenvalue weighted by Gasteiger charge is -2.15. The Balaban J connectivity index is 2.44. The maximum absolute atomic E-state index is 6.17. The van der Waals surface area contributed by atoms with Gasteiger partial charge in [-0.3, -0.25) is 4.57 Å². The summed E-state index contributed by atoms with van der Waals surface area (Å²) in [4.78, 5) is 4.48. The minimum Gasteiger partial charge on any atom is -0.369 e. The van der Waals surface area contributed by atoms with Crippen LogP contribution in [0.15, 0.2) is 34.8 Å². The molecule has 3 nitrogen and oxygen atoms in total. The molecular weight excluding hydrogens is 314 g/mol. The molecule has 0 aliphatic heterocycles. The lowest BCUT2D eigenvalue weighted by atomic mass is 10.1. The number of aromatic nitrogens is 2. The molecule has 3 aromatic rings. The Morgan fingerprint density at radius 2 is 1.70 bits per heavy atom. The van der Waals surface area contributed by atoms with Gasteiger partial charge in [-0.15, -0.1) is 0 Å². The highest BCUT2D eigenvalue weighted by atomic mass is 79.9. The summed E-state index contributed by atoms with van der Waals surface area (Å²) < 4.78 is 3.14. The molecular formula is C16H16BrN3. The van der Waals surface area contributed by atoms with Crippen molar-refractivity contribution in [1.82, 2.24) is 9.55 Å². The van der Waals surface area contributed by atoms with Crippen LogP contribution in [0.25, 0.3) is 16.7 Å². The van der Waals surface area contributed by atoms with E-state index in [2.05, 4.69) is 64.5 Å². The van der Waals surface area contributed by atoms with E-state index in [0.717, 1.165) is 21.2 Å². The molecule has 20 heavy (non-hydrogen) atoms. The van der Waals surface area contributed by atoms with Gasteiger partial charge in [0.25, 0.3) is 0 Å². The summed E-state index contributed by atoms with van der Waals surface area (Å²) in [7, 11) is 0. The molecule has 2 N–H and O–H groups in total. The number of fused-ring (bicyclic) bond motifs is 1. The number of nitrogen functional groups attached to an aromatic ring is 1. The van der Waals surface area contributed by atoms with Gasteiger partial charge in [0.2, 0.25) is 5.95 Å². The Morgan fingerprint density at radius 1 is 1.05 bits per heavy atom. The number of para-hydroxylation sites is 1. The van der Waals surface area contributed by atoms with E-state index in [0.29, 0.717) is 5.95 Å². The number of nitrogens with zero attached hydrogens (tertiary/aromatic N) is 2. The summed E-state index contributed by atoms with van der Waals surface area (Å²) >= 11 is 3.54. The Bertz CT molecular complexity index is 795. The number of aryl methyl sites for hydroxylation is 3. The summed E-state index contributed by atoms with van der Waals surface area (Å²) in [5.41, 5.74) is 12.8. The van der Waals surface area contributed by atoms with Crippen LogP contribution < -0.4 is 5.73 Å². The van der Waals surface area contributed by atoms with Crippen LogP contribution in [-0.4, -0.2) is 9.55 Å². The first kappa shape index (κ1) is 13.2. The highest BCUT2D eigenvalue weighted by molar-refractivity contribution is 9.10. The maximum atomic E-state index is 6.17. The first-order chi connectivity index (χ1) is 9.49. The van der Waals surface area contributed by atoms with Crippen molar-refractivity contribution in [2.75, 3.05) is 5.73 Å². The smallest absolute Gasteiger partial charge is 0.205 e. The fraction of sp³-hybridized carbons (Fsp3) is 0.188. The van der Waals surface area contributed by atoms with Gasteiger partial charge in [-0.2, -0.15) is 0 Å². The van der Waals surface area contributed by atoms with Crippen molar-refractivity contribution >= 4 is 32.9 Å². The number of hydrogen-bond donors (Lipinski definition) is 1. The van der Waals surface area contributed by atoms with Crippen LogP contribution in [-0.2, 0) is 0 Å². The highest BCUT2D eigenvalue weighted by Crippen LogP contribution is 2.31. The second-order valence-electron chi connectivity index (χ2n) is 5.14. The molecule has 2 aromatic carbocycles. The fourth-order valence-corrected chi connectivity index (χ4v) is 3.48. The van der Waals surface area contributed by atoms with E-state index in [4.69, 9.17) is 5.73 Å². The summed E-state index contributed by atoms with van der Waals surface area (Å²) in [6, 6.07) is 10.3. The number of halogens is 1. The van der Waals surface area contributed by atoms with Gasteiger partial charge < -0.3 is 5.73 Å². The van der Waals surface area contributed by atoms with Crippen molar-refractivity contribution in [2.45, 2.75) is 20.8 Å². The number of rotatable bonds is 1. The monoisotopic (exact) mass is 329 g/mol. The maximum Gasteiger partial charge on any atom is 0.205 e. The molecule has 0 amide bonds. The molecule has 0 atom stereocenters. The van der Waals surface area contributed by atoms with E-state index < -0.39 is 0 Å². The SMILES string of the molecule is Cc1cc(Br)cc(C)c1-n1c(N)nc2cccc(C)c21. The zero-order valence-electron chi connectivity index (χ0n) is 11.7. The van der Waals surface area contributed by atoms with Gasteiger partial charge >= 0.3 is 0 Å². The Kier molecular flexibility index (Phi) is 3.05. The quantitative estimate of drug-likeness (QED) is 0.723. The lowest BCUT2D eigenvalue weighted by Crippen LogP contribution is -2.05. The van der Waals surface area contributed by atoms with Crippen LogP contribution in [0.4, 0.5) is 5.95 Å². The standard InChI is InChI=1S/C16H16BrN3/c1-9-5-4-6-13-15(9)20(16(18)19-13)14-10(2)7-12(17)8-11(14)3/h4-8H,1-3H3,(H2,18,19). The van der Waals surface area contributed by atoms with Crippen LogP contribution in [0.2, 0.25) is 0 Å². The summed E-state index contributed by atoms with van der Waals surface area (Å²) in [6.45, 7) is 6.27. The molecule has 102 valence electrons. The molecule has 4 heteroatoms. The van der Waals surface area contributed by atoms with Gasteiger partial charge in [-0.25, -0.2) is 4.98 Å². The van der Waals surface area contributed by atoms with Gasteiger partial charge in [0.1, 0.15) is 0 Å². The Morgan fingerprint density at radius 3 is 2.35 bits per heavy atom. The van der Waals surface area contributed by atoms with Gasteiger partial charge in [0, 0.05) is 4.47 Å². The Hall–Kier alpha value is -1.81. The molecule has 0 spiro atoms. The molecule has 0 unspecified atom stereocenters. The Labute approximate surface area is 126 Å². The minimum absolute atomic E-state index is 0.530. The van der Waals surface area contributed by atoms with Crippen LogP contribution in [0.5, 0.6) is 0 Å². The van der Waals surface area contributed by atoms with Crippen LogP contribution >= 0.6 is 15.9 Å². The minimum atomic E-state index is 0.530. The average Bonchev–Trinajstić information content (AvgIpc) is 2.66. The number of benzene rings is 2. The number of imidazole rings is 1. The molecule has 0 saturated carbocycles. The number of hydrogen-bond acceptors (Lipinski definition) is 2. The molecule has 0 aliphatic rings. The van der Waals surface area contributed by atoms with Crippen molar-refractivity contribution < 1.29 is 0 Å². The van der Waals surface area contributed by atoms with Crippen molar-refractivity contribution in [3.8, 4) is 5.69 Å². The highest BCUT2D eigenvalue weighted by Gasteiger charge is 2.15. The predicted molar refractivity (Wildman–Crippen MR) is 87.4 cm³/mol. The molecule has 3 rings (SSSR count). The van der Waals surface area contributed by atoms with E-state index in [1.807, 2.05) is 12.1 Å². The van der Waals surface area contributed by atoms with Crippen LogP contribution in [0, 0.1) is 20.8 Å². The molecule has 0 bridgehead atoms. The average molecular weight is 330 g/mol. The lowest BCUT2D eigenvalue weighted by molar-refractivity contribution is 1.06. The molecule has 0 radical (unpaired) electrons. The van der Waals surface area contributed by atoms with Gasteiger partial charge in [-0.1, -0.05) is 28.1 Å². The van der Waals surface area contributed by atoms with E-state index in [-0.39, 0.29) is 0 Å². The van der Waals surface area contributed by atoms with Crippen molar-refractivity contribution in [2.24, 2.45) is 0 Å². The number of anilines is 1. The molecule has 0 fully saturated rings. The van der Waals surface area contributed by atoms with Crippen molar-refractivity contribution in [1.29, 1.82) is 0 Å². The van der Waals surface area contributed by atoms with Crippen molar-refractivity contribution in [3.05, 3.63) is 51.5 Å². The largest absolute Gasteiger partial charge is 0.369 e. The van der Waals surface area contributed by atoms with Gasteiger partial charge in [0.15, 0.2) is 0 Å². The summed E-state index contributed by atoms with van der Waals surface area (Å²) in [6.07, 6.45) is 0. The second kappa shape index (κ2) is 4.63. The molecule has 1 aromatic heterocycles. The zero-order chi connectivity index (χ0) is 14.4. The molecule has 1 heterocycles. The van der Waals surface area contributed by atoms with Crippen LogP contribution in [0.3, 0.4) is 0 Å². The third-order valence-electron chi connectivity index (χ3n) is 3.58. The number of nitrogens with two attached hydrogens (primary N) is 1. The first-order valence-electron chi connectivity index (χ1n) is 6.49.